The molecule has 1 atom stereocenters. The van der Waals surface area contributed by atoms with Crippen LogP contribution in [0.2, 0.25) is 5.02 Å². The van der Waals surface area contributed by atoms with Crippen LogP contribution in [0.4, 0.5) is 8.78 Å². The van der Waals surface area contributed by atoms with Gasteiger partial charge in [-0.3, -0.25) is 9.59 Å². The summed E-state index contributed by atoms with van der Waals surface area (Å²) in [5.74, 6) is -1.18. The minimum absolute atomic E-state index is 0.0481. The summed E-state index contributed by atoms with van der Waals surface area (Å²) in [6, 6.07) is 8.98. The van der Waals surface area contributed by atoms with Crippen LogP contribution in [0.25, 0.3) is 16.6 Å². The highest BCUT2D eigenvalue weighted by atomic mass is 35.5. The molecule has 0 saturated carbocycles. The summed E-state index contributed by atoms with van der Waals surface area (Å²) < 4.78 is 35.6. The number of halogens is 3. The normalized spacial score (nSPS) is 14.7. The zero-order valence-corrected chi connectivity index (χ0v) is 20.7. The van der Waals surface area contributed by atoms with E-state index in [2.05, 4.69) is 15.4 Å². The minimum atomic E-state index is -0.625. The number of aromatic nitrogens is 3. The number of aryl methyl sites for hydroxylation is 1. The van der Waals surface area contributed by atoms with E-state index >= 15 is 0 Å². The topological polar surface area (TPSA) is 89.4 Å². The lowest BCUT2D eigenvalue weighted by atomic mass is 9.99. The molecule has 11 heteroatoms. The Morgan fingerprint density at radius 1 is 1.19 bits per heavy atom. The van der Waals surface area contributed by atoms with E-state index in [0.29, 0.717) is 39.2 Å². The zero-order valence-electron chi connectivity index (χ0n) is 20.0. The molecule has 0 aliphatic carbocycles. The third kappa shape index (κ3) is 4.84. The van der Waals surface area contributed by atoms with Gasteiger partial charge in [-0.2, -0.15) is 5.10 Å². The second kappa shape index (κ2) is 9.78. The number of benzene rings is 2. The first-order valence-corrected chi connectivity index (χ1v) is 11.9. The summed E-state index contributed by atoms with van der Waals surface area (Å²) in [5.41, 5.74) is 2.75. The van der Waals surface area contributed by atoms with Crippen molar-refractivity contribution in [1.82, 2.24) is 25.0 Å². The van der Waals surface area contributed by atoms with Crippen LogP contribution in [-0.2, 0) is 16.2 Å². The monoisotopic (exact) mass is 525 g/mol. The van der Waals surface area contributed by atoms with Crippen LogP contribution in [0.1, 0.15) is 29.8 Å². The van der Waals surface area contributed by atoms with Gasteiger partial charge in [-0.15, -0.1) is 0 Å². The van der Waals surface area contributed by atoms with E-state index in [-0.39, 0.29) is 36.5 Å². The highest BCUT2D eigenvalue weighted by Crippen LogP contribution is 2.34. The van der Waals surface area contributed by atoms with Crippen LogP contribution in [0.15, 0.2) is 48.8 Å². The summed E-state index contributed by atoms with van der Waals surface area (Å²) in [4.78, 5) is 30.4. The van der Waals surface area contributed by atoms with Crippen molar-refractivity contribution >= 4 is 34.3 Å². The number of nitrogens with one attached hydrogen (secondary N) is 1. The Kier molecular flexibility index (Phi) is 6.51. The second-order valence-electron chi connectivity index (χ2n) is 8.76. The summed E-state index contributed by atoms with van der Waals surface area (Å²) in [5, 5.41) is 7.39. The number of carbonyl (C=O) groups is 2. The zero-order chi connectivity index (χ0) is 26.3. The molecule has 37 heavy (non-hydrogen) atoms. The molecule has 0 bridgehead atoms. The van der Waals surface area contributed by atoms with Crippen molar-refractivity contribution in [3.05, 3.63) is 82.3 Å². The number of hydrogen-bond acceptors (Lipinski definition) is 5. The summed E-state index contributed by atoms with van der Waals surface area (Å²) in [7, 11) is 0. The molecule has 8 nitrogen and oxygen atoms in total. The van der Waals surface area contributed by atoms with Crippen LogP contribution >= 0.6 is 11.6 Å². The predicted octanol–water partition coefficient (Wildman–Crippen LogP) is 4.26. The number of nitrogens with zero attached hydrogens (tertiary/aromatic N) is 4. The van der Waals surface area contributed by atoms with E-state index in [9.17, 15) is 18.4 Å². The van der Waals surface area contributed by atoms with Crippen LogP contribution in [0, 0.1) is 18.6 Å². The van der Waals surface area contributed by atoms with Crippen LogP contribution in [0.3, 0.4) is 0 Å². The number of rotatable bonds is 6. The van der Waals surface area contributed by atoms with Gasteiger partial charge in [0, 0.05) is 16.6 Å². The van der Waals surface area contributed by atoms with Crippen molar-refractivity contribution in [2.45, 2.75) is 26.5 Å². The first kappa shape index (κ1) is 24.6. The first-order chi connectivity index (χ1) is 17.7. The molecule has 190 valence electrons. The Hall–Kier alpha value is -4.05. The maximum Gasteiger partial charge on any atom is 0.242 e. The number of para-hydroxylation sites is 1. The average Bonchev–Trinajstić information content (AvgIpc) is 3.29. The maximum atomic E-state index is 14.4. The van der Waals surface area contributed by atoms with Crippen molar-refractivity contribution in [1.29, 1.82) is 0 Å². The fourth-order valence-corrected chi connectivity index (χ4v) is 4.73. The van der Waals surface area contributed by atoms with E-state index in [4.69, 9.17) is 16.3 Å². The van der Waals surface area contributed by atoms with Crippen molar-refractivity contribution in [3.63, 3.8) is 0 Å². The second-order valence-corrected chi connectivity index (χ2v) is 9.16. The van der Waals surface area contributed by atoms with Crippen molar-refractivity contribution in [3.8, 4) is 11.4 Å². The molecule has 2 amide bonds. The molecule has 2 aromatic carbocycles. The lowest BCUT2D eigenvalue weighted by molar-refractivity contribution is -0.142. The SMILES string of the molecule is Cc1cc(-n2cc(F)cn2)c2cccc(OCc3c(Cl)cc(F)cc3[C@H](C)N3CC(=O)NCC3=O)c2n1. The fraction of sp³-hybridized carbons (Fsp3) is 0.231. The van der Waals surface area contributed by atoms with Crippen LogP contribution in [-0.4, -0.2) is 44.6 Å². The van der Waals surface area contributed by atoms with Crippen molar-refractivity contribution in [2.75, 3.05) is 13.1 Å². The highest BCUT2D eigenvalue weighted by Gasteiger charge is 2.30. The quantitative estimate of drug-likeness (QED) is 0.406. The number of pyridine rings is 1. The molecular weight excluding hydrogens is 504 g/mol. The molecule has 1 N–H and O–H groups in total. The number of hydrogen-bond donors (Lipinski definition) is 1. The van der Waals surface area contributed by atoms with E-state index in [0.717, 1.165) is 6.20 Å². The third-order valence-electron chi connectivity index (χ3n) is 6.26. The predicted molar refractivity (Wildman–Crippen MR) is 132 cm³/mol. The molecule has 5 rings (SSSR count). The van der Waals surface area contributed by atoms with E-state index in [1.807, 2.05) is 13.0 Å². The molecule has 1 fully saturated rings. The van der Waals surface area contributed by atoms with Gasteiger partial charge in [-0.05, 0) is 43.7 Å². The lowest BCUT2D eigenvalue weighted by Crippen LogP contribution is -2.52. The number of piperazine rings is 1. The summed E-state index contributed by atoms with van der Waals surface area (Å²) in [6.45, 7) is 3.21. The Balaban J connectivity index is 1.51. The Bertz CT molecular complexity index is 1540. The first-order valence-electron chi connectivity index (χ1n) is 11.5. The summed E-state index contributed by atoms with van der Waals surface area (Å²) in [6.07, 6.45) is 2.40. The Morgan fingerprint density at radius 2 is 2.00 bits per heavy atom. The molecule has 4 aromatic rings. The fourth-order valence-electron chi connectivity index (χ4n) is 4.46. The van der Waals surface area contributed by atoms with Crippen molar-refractivity contribution in [2.24, 2.45) is 0 Å². The molecule has 0 unspecified atom stereocenters. The Morgan fingerprint density at radius 3 is 2.76 bits per heavy atom. The van der Waals surface area contributed by atoms with Gasteiger partial charge in [0.05, 0.1) is 35.7 Å². The van der Waals surface area contributed by atoms with Gasteiger partial charge < -0.3 is 15.0 Å². The molecule has 1 aliphatic heterocycles. The van der Waals surface area contributed by atoms with E-state index in [1.54, 1.807) is 25.1 Å². The number of carbonyl (C=O) groups excluding carboxylic acids is 2. The van der Waals surface area contributed by atoms with E-state index in [1.165, 1.54) is 27.9 Å². The van der Waals surface area contributed by atoms with Gasteiger partial charge in [0.2, 0.25) is 11.8 Å². The largest absolute Gasteiger partial charge is 0.487 e. The Labute approximate surface area is 215 Å². The molecule has 0 spiro atoms. The number of ether oxygens (including phenoxy) is 1. The van der Waals surface area contributed by atoms with E-state index < -0.39 is 17.7 Å². The van der Waals surface area contributed by atoms with Crippen molar-refractivity contribution < 1.29 is 23.1 Å². The number of amides is 2. The molecule has 2 aromatic heterocycles. The third-order valence-corrected chi connectivity index (χ3v) is 6.60. The maximum absolute atomic E-state index is 14.4. The van der Waals surface area contributed by atoms with Crippen LogP contribution < -0.4 is 10.1 Å². The van der Waals surface area contributed by atoms with Gasteiger partial charge in [-0.25, -0.2) is 18.4 Å². The van der Waals surface area contributed by atoms with Gasteiger partial charge in [0.1, 0.15) is 30.2 Å². The molecule has 1 saturated heterocycles. The summed E-state index contributed by atoms with van der Waals surface area (Å²) >= 11 is 6.43. The lowest BCUT2D eigenvalue weighted by Gasteiger charge is -2.33. The molecule has 0 radical (unpaired) electrons. The van der Waals surface area contributed by atoms with Gasteiger partial charge >= 0.3 is 0 Å². The average molecular weight is 526 g/mol. The van der Waals surface area contributed by atoms with Crippen LogP contribution in [0.5, 0.6) is 5.75 Å². The molecular formula is C26H22ClF2N5O3. The molecule has 1 aliphatic rings. The van der Waals surface area contributed by atoms with Gasteiger partial charge in [0.25, 0.3) is 0 Å². The van der Waals surface area contributed by atoms with Gasteiger partial charge in [-0.1, -0.05) is 23.7 Å². The minimum Gasteiger partial charge on any atom is -0.487 e. The number of fused-ring (bicyclic) bond motifs is 1. The smallest absolute Gasteiger partial charge is 0.242 e. The standard InChI is InChI=1S/C26H22ClF2N5O3/c1-14-6-22(34-11-17(29)9-31-34)18-4-3-5-23(26(18)32-14)37-13-20-19(7-16(28)8-21(20)27)15(2)33-12-24(35)30-10-25(33)36/h3-9,11,15H,10,12-13H2,1-2H3,(H,30,35)/t15-/m0/s1. The highest BCUT2D eigenvalue weighted by molar-refractivity contribution is 6.31. The molecule has 3 heterocycles. The van der Waals surface area contributed by atoms with Gasteiger partial charge in [0.15, 0.2) is 5.82 Å².